The van der Waals surface area contributed by atoms with Crippen LogP contribution in [0.1, 0.15) is 42.1 Å². The third-order valence-electron chi connectivity index (χ3n) is 7.28. The number of piperidine rings is 1. The Balaban J connectivity index is 1.17. The van der Waals surface area contributed by atoms with Crippen LogP contribution in [0.5, 0.6) is 0 Å². The first-order chi connectivity index (χ1) is 19.0. The maximum atomic E-state index is 13.2. The van der Waals surface area contributed by atoms with Crippen molar-refractivity contribution < 1.29 is 14.0 Å². The molecule has 0 radical (unpaired) electrons. The fourth-order valence-corrected chi connectivity index (χ4v) is 5.13. The molecule has 1 aromatic heterocycles. The summed E-state index contributed by atoms with van der Waals surface area (Å²) in [4.78, 5) is 31.8. The maximum absolute atomic E-state index is 13.2. The van der Waals surface area contributed by atoms with E-state index in [-0.39, 0.29) is 17.6 Å². The number of hydrogen-bond acceptors (Lipinski definition) is 4. The minimum atomic E-state index is -0.276. The standard InChI is InChI=1S/C32H33FN4O2/c1-2-34-31(38)18-22-13-15-37(16-14-22)21-23-17-27-9-12-29(19-30(27)35-20-23)36-32(39)26-5-3-24(4-6-26)25-7-10-28(33)11-8-25/h3-12,17,19-20,22H,2,13-16,18,21H2,1H3,(H,34,38)(H,36,39). The van der Waals surface area contributed by atoms with Gasteiger partial charge in [-0.3, -0.25) is 19.5 Å². The molecule has 2 N–H and O–H groups in total. The van der Waals surface area contributed by atoms with Crippen LogP contribution in [-0.2, 0) is 11.3 Å². The summed E-state index contributed by atoms with van der Waals surface area (Å²) < 4.78 is 13.2. The fraction of sp³-hybridized carbons (Fsp3) is 0.281. The third-order valence-corrected chi connectivity index (χ3v) is 7.28. The highest BCUT2D eigenvalue weighted by Crippen LogP contribution is 2.24. The topological polar surface area (TPSA) is 74.3 Å². The van der Waals surface area contributed by atoms with E-state index in [2.05, 4.69) is 26.6 Å². The number of pyridine rings is 1. The molecule has 39 heavy (non-hydrogen) atoms. The van der Waals surface area contributed by atoms with Gasteiger partial charge in [0.25, 0.3) is 5.91 Å². The molecule has 4 aromatic rings. The van der Waals surface area contributed by atoms with Crippen LogP contribution < -0.4 is 10.6 Å². The molecule has 0 unspecified atom stereocenters. The van der Waals surface area contributed by atoms with E-state index in [9.17, 15) is 14.0 Å². The molecule has 2 amide bonds. The Bertz CT molecular complexity index is 1450. The SMILES string of the molecule is CCNC(=O)CC1CCN(Cc2cnc3cc(NC(=O)c4ccc(-c5ccc(F)cc5)cc4)ccc3c2)CC1. The number of anilines is 1. The number of fused-ring (bicyclic) bond motifs is 1. The molecule has 1 saturated heterocycles. The molecular weight excluding hydrogens is 491 g/mol. The zero-order valence-electron chi connectivity index (χ0n) is 22.1. The molecule has 7 heteroatoms. The van der Waals surface area contributed by atoms with Crippen molar-refractivity contribution in [2.45, 2.75) is 32.7 Å². The first-order valence-electron chi connectivity index (χ1n) is 13.5. The van der Waals surface area contributed by atoms with Crippen molar-refractivity contribution in [3.05, 3.63) is 95.9 Å². The van der Waals surface area contributed by atoms with E-state index in [1.54, 1.807) is 24.3 Å². The fourth-order valence-electron chi connectivity index (χ4n) is 5.13. The van der Waals surface area contributed by atoms with Gasteiger partial charge in [-0.25, -0.2) is 4.39 Å². The normalized spacial score (nSPS) is 14.3. The summed E-state index contributed by atoms with van der Waals surface area (Å²) in [5.74, 6) is 0.142. The van der Waals surface area contributed by atoms with E-state index in [4.69, 9.17) is 0 Å². The molecule has 3 aromatic carbocycles. The van der Waals surface area contributed by atoms with Gasteiger partial charge >= 0.3 is 0 Å². The maximum Gasteiger partial charge on any atom is 0.255 e. The third kappa shape index (κ3) is 6.86. The van der Waals surface area contributed by atoms with Crippen molar-refractivity contribution in [1.82, 2.24) is 15.2 Å². The first-order valence-corrected chi connectivity index (χ1v) is 13.5. The van der Waals surface area contributed by atoms with Crippen LogP contribution in [-0.4, -0.2) is 41.3 Å². The van der Waals surface area contributed by atoms with Crippen molar-refractivity contribution in [2.75, 3.05) is 25.0 Å². The minimum Gasteiger partial charge on any atom is -0.356 e. The average molecular weight is 525 g/mol. The number of benzene rings is 3. The van der Waals surface area contributed by atoms with Gasteiger partial charge in [0.2, 0.25) is 5.91 Å². The lowest BCUT2D eigenvalue weighted by molar-refractivity contribution is -0.122. The van der Waals surface area contributed by atoms with Crippen LogP contribution >= 0.6 is 0 Å². The Morgan fingerprint density at radius 1 is 0.949 bits per heavy atom. The van der Waals surface area contributed by atoms with Crippen molar-refractivity contribution >= 4 is 28.4 Å². The number of carbonyl (C=O) groups is 2. The zero-order chi connectivity index (χ0) is 27.2. The molecule has 200 valence electrons. The number of nitrogens with one attached hydrogen (secondary N) is 2. The summed E-state index contributed by atoms with van der Waals surface area (Å²) in [6.07, 6.45) is 4.61. The van der Waals surface area contributed by atoms with Gasteiger partial charge in [-0.1, -0.05) is 30.3 Å². The van der Waals surface area contributed by atoms with Crippen molar-refractivity contribution in [3.63, 3.8) is 0 Å². The Morgan fingerprint density at radius 3 is 2.33 bits per heavy atom. The first kappa shape index (κ1) is 26.5. The summed E-state index contributed by atoms with van der Waals surface area (Å²) in [6.45, 7) is 5.45. The second-order valence-electron chi connectivity index (χ2n) is 10.2. The number of nitrogens with zero attached hydrogens (tertiary/aromatic N) is 2. The number of aromatic nitrogens is 1. The highest BCUT2D eigenvalue weighted by atomic mass is 19.1. The van der Waals surface area contributed by atoms with Crippen LogP contribution in [0.15, 0.2) is 79.0 Å². The van der Waals surface area contributed by atoms with Gasteiger partial charge in [0.05, 0.1) is 5.52 Å². The molecular formula is C32H33FN4O2. The molecule has 6 nitrogen and oxygen atoms in total. The Labute approximate surface area is 228 Å². The second kappa shape index (κ2) is 12.2. The molecule has 0 aliphatic carbocycles. The molecule has 0 spiro atoms. The summed E-state index contributed by atoms with van der Waals surface area (Å²) >= 11 is 0. The number of amides is 2. The van der Waals surface area contributed by atoms with E-state index < -0.39 is 0 Å². The molecule has 1 aliphatic heterocycles. The largest absolute Gasteiger partial charge is 0.356 e. The van der Waals surface area contributed by atoms with E-state index in [1.165, 1.54) is 12.1 Å². The van der Waals surface area contributed by atoms with Gasteiger partial charge in [0, 0.05) is 42.3 Å². The number of halogens is 1. The quantitative estimate of drug-likeness (QED) is 0.295. The van der Waals surface area contributed by atoms with Gasteiger partial charge in [-0.15, -0.1) is 0 Å². The van der Waals surface area contributed by atoms with Gasteiger partial charge in [0.15, 0.2) is 0 Å². The van der Waals surface area contributed by atoms with Crippen LogP contribution in [0.25, 0.3) is 22.0 Å². The second-order valence-corrected chi connectivity index (χ2v) is 10.2. The van der Waals surface area contributed by atoms with E-state index >= 15 is 0 Å². The van der Waals surface area contributed by atoms with E-state index in [0.717, 1.165) is 60.1 Å². The molecule has 0 atom stereocenters. The number of rotatable bonds is 8. The summed E-state index contributed by atoms with van der Waals surface area (Å²) in [7, 11) is 0. The van der Waals surface area contributed by atoms with Crippen LogP contribution in [0, 0.1) is 11.7 Å². The number of hydrogen-bond donors (Lipinski definition) is 2. The van der Waals surface area contributed by atoms with Crippen molar-refractivity contribution in [2.24, 2.45) is 5.92 Å². The summed E-state index contributed by atoms with van der Waals surface area (Å²) in [5.41, 5.74) is 5.01. The van der Waals surface area contributed by atoms with Crippen molar-refractivity contribution in [3.8, 4) is 11.1 Å². The summed E-state index contributed by atoms with van der Waals surface area (Å²) in [6, 6.07) is 21.5. The highest BCUT2D eigenvalue weighted by molar-refractivity contribution is 6.05. The summed E-state index contributed by atoms with van der Waals surface area (Å²) in [5, 5.41) is 6.88. The van der Waals surface area contributed by atoms with Crippen molar-refractivity contribution in [1.29, 1.82) is 0 Å². The molecule has 5 rings (SSSR count). The van der Waals surface area contributed by atoms with Gasteiger partial charge in [0.1, 0.15) is 5.82 Å². The van der Waals surface area contributed by atoms with Crippen LogP contribution in [0.2, 0.25) is 0 Å². The predicted octanol–water partition coefficient (Wildman–Crippen LogP) is 6.03. The Morgan fingerprint density at radius 2 is 1.64 bits per heavy atom. The lowest BCUT2D eigenvalue weighted by Crippen LogP contribution is -2.35. The highest BCUT2D eigenvalue weighted by Gasteiger charge is 2.21. The number of likely N-dealkylation sites (tertiary alicyclic amines) is 1. The van der Waals surface area contributed by atoms with E-state index in [1.807, 2.05) is 43.5 Å². The minimum absolute atomic E-state index is 0.157. The molecule has 2 heterocycles. The lowest BCUT2D eigenvalue weighted by Gasteiger charge is -2.31. The Hall–Kier alpha value is -4.10. The average Bonchev–Trinajstić information content (AvgIpc) is 2.95. The Kier molecular flexibility index (Phi) is 8.27. The smallest absolute Gasteiger partial charge is 0.255 e. The monoisotopic (exact) mass is 524 g/mol. The van der Waals surface area contributed by atoms with Gasteiger partial charge in [-0.2, -0.15) is 0 Å². The van der Waals surface area contributed by atoms with Gasteiger partial charge in [-0.05, 0) is 97.9 Å². The molecule has 0 saturated carbocycles. The van der Waals surface area contributed by atoms with Crippen LogP contribution in [0.3, 0.4) is 0 Å². The lowest BCUT2D eigenvalue weighted by atomic mass is 9.93. The molecule has 0 bridgehead atoms. The van der Waals surface area contributed by atoms with Gasteiger partial charge < -0.3 is 10.6 Å². The molecule has 1 aliphatic rings. The predicted molar refractivity (Wildman–Crippen MR) is 153 cm³/mol. The molecule has 1 fully saturated rings. The zero-order valence-corrected chi connectivity index (χ0v) is 22.1. The van der Waals surface area contributed by atoms with Crippen LogP contribution in [0.4, 0.5) is 10.1 Å². The van der Waals surface area contributed by atoms with E-state index in [0.29, 0.717) is 30.1 Å². The number of carbonyl (C=O) groups excluding carboxylic acids is 2.